The number of carboxylic acids is 1. The second-order valence-corrected chi connectivity index (χ2v) is 4.09. The lowest BCUT2D eigenvalue weighted by Gasteiger charge is -2.01. The molecule has 0 saturated heterocycles. The van der Waals surface area contributed by atoms with E-state index in [0.29, 0.717) is 18.2 Å². The number of aromatic nitrogens is 2. The Hall–Kier alpha value is -2.89. The Labute approximate surface area is 114 Å². The molecule has 0 aliphatic rings. The molecule has 0 bridgehead atoms. The first kappa shape index (κ1) is 13.5. The number of rotatable bonds is 5. The van der Waals surface area contributed by atoms with E-state index in [0.717, 1.165) is 5.69 Å². The predicted octanol–water partition coefficient (Wildman–Crippen LogP) is 1.48. The van der Waals surface area contributed by atoms with Crippen molar-refractivity contribution >= 4 is 17.5 Å². The first-order valence-electron chi connectivity index (χ1n) is 5.80. The molecule has 0 aliphatic carbocycles. The van der Waals surface area contributed by atoms with Crippen LogP contribution in [0.2, 0.25) is 0 Å². The van der Waals surface area contributed by atoms with Gasteiger partial charge in [-0.05, 0) is 18.2 Å². The molecule has 2 aromatic heterocycles. The van der Waals surface area contributed by atoms with Crippen LogP contribution in [0.15, 0.2) is 48.9 Å². The maximum atomic E-state index is 11.0. The third-order valence-electron chi connectivity index (χ3n) is 2.60. The largest absolute Gasteiger partial charge is 0.507 e. The van der Waals surface area contributed by atoms with Gasteiger partial charge in [-0.1, -0.05) is 6.07 Å². The minimum Gasteiger partial charge on any atom is -0.507 e. The molecule has 20 heavy (non-hydrogen) atoms. The molecule has 102 valence electrons. The standard InChI is InChI=1S/C14H12N2O4/c17-12(7-13(18)14(19)20)10-4-6-16(8-10)9-11-3-1-2-5-15-11/h1-8,17H,9H2,(H,19,20). The third-order valence-corrected chi connectivity index (χ3v) is 2.60. The summed E-state index contributed by atoms with van der Waals surface area (Å²) >= 11 is 0. The van der Waals surface area contributed by atoms with Gasteiger partial charge in [-0.2, -0.15) is 0 Å². The van der Waals surface area contributed by atoms with Gasteiger partial charge in [0.25, 0.3) is 5.78 Å². The van der Waals surface area contributed by atoms with E-state index in [1.165, 1.54) is 0 Å². The Bertz CT molecular complexity index is 659. The molecule has 2 N–H and O–H groups in total. The number of hydrogen-bond acceptors (Lipinski definition) is 4. The summed E-state index contributed by atoms with van der Waals surface area (Å²) in [5.41, 5.74) is 1.22. The highest BCUT2D eigenvalue weighted by Crippen LogP contribution is 2.13. The van der Waals surface area contributed by atoms with Gasteiger partial charge >= 0.3 is 5.97 Å². The van der Waals surface area contributed by atoms with Crippen molar-refractivity contribution in [2.75, 3.05) is 0 Å². The van der Waals surface area contributed by atoms with Gasteiger partial charge in [-0.15, -0.1) is 0 Å². The summed E-state index contributed by atoms with van der Waals surface area (Å²) in [6.45, 7) is 0.515. The quantitative estimate of drug-likeness (QED) is 0.488. The van der Waals surface area contributed by atoms with Crippen LogP contribution in [0.4, 0.5) is 0 Å². The van der Waals surface area contributed by atoms with Gasteiger partial charge in [0.1, 0.15) is 5.76 Å². The van der Waals surface area contributed by atoms with E-state index in [2.05, 4.69) is 4.98 Å². The number of hydrogen-bond donors (Lipinski definition) is 2. The summed E-state index contributed by atoms with van der Waals surface area (Å²) in [6.07, 6.45) is 5.68. The highest BCUT2D eigenvalue weighted by molar-refractivity contribution is 6.38. The molecular weight excluding hydrogens is 260 g/mol. The van der Waals surface area contributed by atoms with Gasteiger partial charge < -0.3 is 14.8 Å². The number of aliphatic hydroxyl groups is 1. The average Bonchev–Trinajstić information content (AvgIpc) is 2.88. The van der Waals surface area contributed by atoms with E-state index in [9.17, 15) is 14.7 Å². The van der Waals surface area contributed by atoms with Crippen LogP contribution in [0, 0.1) is 0 Å². The number of ketones is 1. The molecule has 0 atom stereocenters. The predicted molar refractivity (Wildman–Crippen MR) is 71.0 cm³/mol. The second-order valence-electron chi connectivity index (χ2n) is 4.09. The van der Waals surface area contributed by atoms with E-state index in [1.54, 1.807) is 29.2 Å². The van der Waals surface area contributed by atoms with Gasteiger partial charge in [0.05, 0.1) is 12.2 Å². The molecular formula is C14H12N2O4. The third kappa shape index (κ3) is 3.32. The Kier molecular flexibility index (Phi) is 3.95. The summed E-state index contributed by atoms with van der Waals surface area (Å²) in [4.78, 5) is 25.5. The molecule has 0 saturated carbocycles. The lowest BCUT2D eigenvalue weighted by atomic mass is 10.2. The van der Waals surface area contributed by atoms with Crippen LogP contribution < -0.4 is 0 Å². The molecule has 0 spiro atoms. The van der Waals surface area contributed by atoms with Crippen molar-refractivity contribution in [3.8, 4) is 0 Å². The Morgan fingerprint density at radius 2 is 2.05 bits per heavy atom. The van der Waals surface area contributed by atoms with Gasteiger partial charge in [0.2, 0.25) is 0 Å². The summed E-state index contributed by atoms with van der Waals surface area (Å²) in [5.74, 6) is -3.15. The van der Waals surface area contributed by atoms with Crippen molar-refractivity contribution in [2.24, 2.45) is 0 Å². The van der Waals surface area contributed by atoms with Crippen LogP contribution in [-0.4, -0.2) is 31.5 Å². The van der Waals surface area contributed by atoms with E-state index in [1.807, 2.05) is 18.2 Å². The highest BCUT2D eigenvalue weighted by atomic mass is 16.4. The van der Waals surface area contributed by atoms with Crippen molar-refractivity contribution in [2.45, 2.75) is 6.54 Å². The zero-order valence-electron chi connectivity index (χ0n) is 10.4. The lowest BCUT2D eigenvalue weighted by molar-refractivity contribution is -0.146. The number of pyridine rings is 1. The molecule has 2 aromatic rings. The van der Waals surface area contributed by atoms with Gasteiger partial charge in [-0.25, -0.2) is 4.79 Å². The number of nitrogens with zero attached hydrogens (tertiary/aromatic N) is 2. The molecule has 6 nitrogen and oxygen atoms in total. The van der Waals surface area contributed by atoms with E-state index in [4.69, 9.17) is 5.11 Å². The molecule has 2 heterocycles. The van der Waals surface area contributed by atoms with Crippen molar-refractivity contribution in [3.63, 3.8) is 0 Å². The molecule has 0 unspecified atom stereocenters. The van der Waals surface area contributed by atoms with Gasteiger partial charge in [-0.3, -0.25) is 9.78 Å². The fourth-order valence-electron chi connectivity index (χ4n) is 1.64. The average molecular weight is 272 g/mol. The maximum absolute atomic E-state index is 11.0. The van der Waals surface area contributed by atoms with E-state index >= 15 is 0 Å². The summed E-state index contributed by atoms with van der Waals surface area (Å²) in [6, 6.07) is 7.14. The van der Waals surface area contributed by atoms with Crippen molar-refractivity contribution in [1.82, 2.24) is 9.55 Å². The monoisotopic (exact) mass is 272 g/mol. The number of carboxylic acid groups (broad SMARTS) is 1. The minimum atomic E-state index is -1.61. The van der Waals surface area contributed by atoms with Crippen molar-refractivity contribution < 1.29 is 19.8 Å². The zero-order chi connectivity index (χ0) is 14.5. The smallest absolute Gasteiger partial charge is 0.376 e. The SMILES string of the molecule is O=C(O)C(=O)C=C(O)c1ccn(Cc2ccccn2)c1. The van der Waals surface area contributed by atoms with Crippen LogP contribution in [0.3, 0.4) is 0 Å². The number of carbonyl (C=O) groups excluding carboxylic acids is 1. The topological polar surface area (TPSA) is 92.4 Å². The molecule has 0 amide bonds. The van der Waals surface area contributed by atoms with Crippen LogP contribution in [0.25, 0.3) is 5.76 Å². The fourth-order valence-corrected chi connectivity index (χ4v) is 1.64. The normalized spacial score (nSPS) is 11.3. The second kappa shape index (κ2) is 5.83. The maximum Gasteiger partial charge on any atom is 0.376 e. The molecule has 0 aliphatic heterocycles. The first-order chi connectivity index (χ1) is 9.56. The van der Waals surface area contributed by atoms with Crippen LogP contribution in [0.1, 0.15) is 11.3 Å². The molecule has 0 fully saturated rings. The summed E-state index contributed by atoms with van der Waals surface area (Å²) in [7, 11) is 0. The highest BCUT2D eigenvalue weighted by Gasteiger charge is 2.11. The fraction of sp³-hybridized carbons (Fsp3) is 0.0714. The lowest BCUT2D eigenvalue weighted by Crippen LogP contribution is -2.09. The molecule has 2 rings (SSSR count). The summed E-state index contributed by atoms with van der Waals surface area (Å²) in [5, 5.41) is 18.1. The molecule has 0 radical (unpaired) electrons. The zero-order valence-corrected chi connectivity index (χ0v) is 10.4. The molecule has 6 heteroatoms. The Morgan fingerprint density at radius 1 is 1.25 bits per heavy atom. The van der Waals surface area contributed by atoms with E-state index in [-0.39, 0.29) is 5.76 Å². The molecule has 0 aromatic carbocycles. The number of aliphatic hydroxyl groups excluding tert-OH is 1. The number of aliphatic carboxylic acids is 1. The Balaban J connectivity index is 2.13. The van der Waals surface area contributed by atoms with Gasteiger partial charge in [0.15, 0.2) is 0 Å². The van der Waals surface area contributed by atoms with Crippen molar-refractivity contribution in [3.05, 3.63) is 60.2 Å². The minimum absolute atomic E-state index is 0.371. The Morgan fingerprint density at radius 3 is 2.70 bits per heavy atom. The van der Waals surface area contributed by atoms with Gasteiger partial charge in [0, 0.05) is 30.2 Å². The van der Waals surface area contributed by atoms with Crippen LogP contribution in [-0.2, 0) is 16.1 Å². The van der Waals surface area contributed by atoms with Crippen molar-refractivity contribution in [1.29, 1.82) is 0 Å². The van der Waals surface area contributed by atoms with Crippen LogP contribution >= 0.6 is 0 Å². The van der Waals surface area contributed by atoms with E-state index < -0.39 is 11.8 Å². The summed E-state index contributed by atoms with van der Waals surface area (Å²) < 4.78 is 1.77. The van der Waals surface area contributed by atoms with Crippen LogP contribution in [0.5, 0.6) is 0 Å². The first-order valence-corrected chi connectivity index (χ1v) is 5.80. The number of carbonyl (C=O) groups is 2.